The quantitative estimate of drug-likeness (QED) is 0.517. The molecule has 0 bridgehead atoms. The molecule has 0 spiro atoms. The maximum Gasteiger partial charge on any atom is 0.458 e. The largest absolute Gasteiger partial charge is 0.507 e. The minimum Gasteiger partial charge on any atom is -0.507 e. The van der Waals surface area contributed by atoms with Crippen molar-refractivity contribution in [2.45, 2.75) is 58.4 Å². The van der Waals surface area contributed by atoms with E-state index in [9.17, 15) is 10.1 Å². The third-order valence-corrected chi connectivity index (χ3v) is 5.19. The smallest absolute Gasteiger partial charge is 0.458 e. The van der Waals surface area contributed by atoms with Crippen molar-refractivity contribution in [1.29, 1.82) is 0 Å². The summed E-state index contributed by atoms with van der Waals surface area (Å²) >= 11 is 3.45. The Morgan fingerprint density at radius 1 is 1.38 bits per heavy atom. The van der Waals surface area contributed by atoms with Gasteiger partial charge in [-0.25, -0.2) is 0 Å². The van der Waals surface area contributed by atoms with Crippen molar-refractivity contribution in [2.24, 2.45) is 0 Å². The Morgan fingerprint density at radius 2 is 2.15 bits per heavy atom. The van der Waals surface area contributed by atoms with Crippen molar-refractivity contribution in [1.82, 2.24) is 0 Å². The zero-order valence-electron chi connectivity index (χ0n) is 15.7. The van der Waals surface area contributed by atoms with Gasteiger partial charge in [0.25, 0.3) is 0 Å². The topological polar surface area (TPSA) is 49.7 Å². The molecule has 26 heavy (non-hydrogen) atoms. The second-order valence-electron chi connectivity index (χ2n) is 6.73. The molecule has 0 aromatic heterocycles. The van der Waals surface area contributed by atoms with Crippen molar-refractivity contribution >= 4 is 29.1 Å². The summed E-state index contributed by atoms with van der Waals surface area (Å²) in [5, 5.41) is 19.9. The Balaban J connectivity index is 2.11. The summed E-state index contributed by atoms with van der Waals surface area (Å²) < 4.78 is 6.74. The van der Waals surface area contributed by atoms with Crippen LogP contribution in [0.25, 0.3) is 6.08 Å². The minimum atomic E-state index is -0.735. The lowest BCUT2D eigenvalue weighted by molar-refractivity contribution is 0.182. The van der Waals surface area contributed by atoms with E-state index in [4.69, 9.17) is 4.65 Å². The van der Waals surface area contributed by atoms with Gasteiger partial charge in [-0.05, 0) is 55.0 Å². The van der Waals surface area contributed by atoms with E-state index < -0.39 is 7.12 Å². The molecule has 1 aromatic carbocycles. The fourth-order valence-electron chi connectivity index (χ4n) is 3.25. The Labute approximate surface area is 165 Å². The number of hydrogen-bond acceptors (Lipinski definition) is 3. The minimum absolute atomic E-state index is 0.121. The molecule has 1 aromatic rings. The molecule has 1 aliphatic heterocycles. The third kappa shape index (κ3) is 5.87. The average molecular weight is 419 g/mol. The van der Waals surface area contributed by atoms with E-state index in [-0.39, 0.29) is 11.9 Å². The van der Waals surface area contributed by atoms with Gasteiger partial charge in [0.15, 0.2) is 0 Å². The van der Waals surface area contributed by atoms with Crippen molar-refractivity contribution in [3.05, 3.63) is 57.6 Å². The van der Waals surface area contributed by atoms with Gasteiger partial charge < -0.3 is 14.8 Å². The van der Waals surface area contributed by atoms with E-state index >= 15 is 0 Å². The Morgan fingerprint density at radius 3 is 2.85 bits per heavy atom. The summed E-state index contributed by atoms with van der Waals surface area (Å²) in [5.41, 5.74) is 4.29. The number of allylic oxidation sites excluding steroid dienone is 2. The van der Waals surface area contributed by atoms with E-state index in [2.05, 4.69) is 42.4 Å². The molecule has 1 atom stereocenters. The number of halogens is 1. The highest BCUT2D eigenvalue weighted by Crippen LogP contribution is 2.31. The highest BCUT2D eigenvalue weighted by atomic mass is 79.9. The van der Waals surface area contributed by atoms with Gasteiger partial charge in [0, 0.05) is 16.4 Å². The second kappa shape index (κ2) is 10.1. The van der Waals surface area contributed by atoms with Crippen LogP contribution in [0.3, 0.4) is 0 Å². The lowest BCUT2D eigenvalue weighted by Crippen LogP contribution is -2.31. The molecule has 0 saturated heterocycles. The first-order valence-corrected chi connectivity index (χ1v) is 10.1. The van der Waals surface area contributed by atoms with E-state index in [1.165, 1.54) is 5.57 Å². The van der Waals surface area contributed by atoms with Crippen molar-refractivity contribution in [3.8, 4) is 5.75 Å². The molecule has 0 fully saturated rings. The van der Waals surface area contributed by atoms with Crippen LogP contribution in [-0.4, -0.2) is 23.4 Å². The molecule has 0 radical (unpaired) electrons. The first-order chi connectivity index (χ1) is 12.4. The molecule has 0 aliphatic carbocycles. The van der Waals surface area contributed by atoms with Crippen LogP contribution >= 0.6 is 15.9 Å². The van der Waals surface area contributed by atoms with Crippen molar-refractivity contribution in [3.63, 3.8) is 0 Å². The van der Waals surface area contributed by atoms with Gasteiger partial charge in [-0.15, -0.1) is 0 Å². The van der Waals surface area contributed by atoms with Crippen LogP contribution in [0.15, 0.2) is 52.0 Å². The molecule has 140 valence electrons. The Hall–Kier alpha value is -1.30. The molecule has 1 heterocycles. The van der Waals surface area contributed by atoms with Crippen LogP contribution in [0, 0.1) is 0 Å². The van der Waals surface area contributed by atoms with Crippen LogP contribution in [-0.2, 0) is 4.65 Å². The molecule has 0 amide bonds. The van der Waals surface area contributed by atoms with Gasteiger partial charge in [0.05, 0.1) is 6.10 Å². The number of aromatic hydroxyl groups is 1. The van der Waals surface area contributed by atoms with Crippen LogP contribution in [0.2, 0.25) is 6.32 Å². The third-order valence-electron chi connectivity index (χ3n) is 4.70. The predicted molar refractivity (Wildman–Crippen MR) is 113 cm³/mol. The lowest BCUT2D eigenvalue weighted by Gasteiger charge is -2.28. The summed E-state index contributed by atoms with van der Waals surface area (Å²) in [6.07, 6.45) is 9.06. The van der Waals surface area contributed by atoms with E-state index in [1.54, 1.807) is 6.07 Å². The SMILES string of the molecule is C=C(CCC)C1=CCB(O)OC1CC/C(=C/c1cc(Br)ccc1O)CC. The standard InChI is InChI=1S/C21H28BBrO3/c1-4-6-15(3)19-11-12-22(25)26-21(19)10-7-16(5-2)13-17-14-18(23)8-9-20(17)24/h8-9,11,13-14,21,24-25H,3-7,10,12H2,1-2H3/b16-13+. The molecular weight excluding hydrogens is 391 g/mol. The zero-order chi connectivity index (χ0) is 19.1. The van der Waals surface area contributed by atoms with Crippen LogP contribution in [0.5, 0.6) is 5.75 Å². The highest BCUT2D eigenvalue weighted by Gasteiger charge is 2.27. The van der Waals surface area contributed by atoms with Gasteiger partial charge in [0.2, 0.25) is 0 Å². The molecule has 1 aliphatic rings. The van der Waals surface area contributed by atoms with Crippen molar-refractivity contribution in [2.75, 3.05) is 0 Å². The maximum atomic E-state index is 10.1. The van der Waals surface area contributed by atoms with Gasteiger partial charge in [0.1, 0.15) is 5.75 Å². The van der Waals surface area contributed by atoms with Gasteiger partial charge in [-0.2, -0.15) is 0 Å². The Bertz CT molecular complexity index is 696. The number of benzene rings is 1. The number of rotatable bonds is 8. The molecule has 5 heteroatoms. The molecule has 3 nitrogen and oxygen atoms in total. The lowest BCUT2D eigenvalue weighted by atomic mass is 9.77. The fourth-order valence-corrected chi connectivity index (χ4v) is 3.63. The molecule has 2 N–H and O–H groups in total. The second-order valence-corrected chi connectivity index (χ2v) is 7.64. The monoisotopic (exact) mass is 418 g/mol. The summed E-state index contributed by atoms with van der Waals surface area (Å²) in [6.45, 7) is 8.45. The average Bonchev–Trinajstić information content (AvgIpc) is 2.61. The van der Waals surface area contributed by atoms with Crippen LogP contribution < -0.4 is 0 Å². The van der Waals surface area contributed by atoms with Gasteiger partial charge in [-0.3, -0.25) is 0 Å². The van der Waals surface area contributed by atoms with Gasteiger partial charge in [-0.1, -0.05) is 60.5 Å². The highest BCUT2D eigenvalue weighted by molar-refractivity contribution is 9.10. The molecule has 2 rings (SSSR count). The van der Waals surface area contributed by atoms with Crippen molar-refractivity contribution < 1.29 is 14.8 Å². The summed E-state index contributed by atoms with van der Waals surface area (Å²) in [7, 11) is -0.735. The summed E-state index contributed by atoms with van der Waals surface area (Å²) in [5.74, 6) is 0.278. The first-order valence-electron chi connectivity index (χ1n) is 9.34. The maximum absolute atomic E-state index is 10.1. The van der Waals surface area contributed by atoms with E-state index in [0.29, 0.717) is 6.32 Å². The normalized spacial score (nSPS) is 18.0. The fraction of sp³-hybridized carbons (Fsp3) is 0.429. The zero-order valence-corrected chi connectivity index (χ0v) is 17.3. The summed E-state index contributed by atoms with van der Waals surface area (Å²) in [4.78, 5) is 0. The predicted octanol–water partition coefficient (Wildman–Crippen LogP) is 5.89. The molecule has 1 unspecified atom stereocenters. The van der Waals surface area contributed by atoms with Crippen LogP contribution in [0.4, 0.5) is 0 Å². The van der Waals surface area contributed by atoms with E-state index in [0.717, 1.165) is 53.3 Å². The van der Waals surface area contributed by atoms with Gasteiger partial charge >= 0.3 is 7.12 Å². The summed E-state index contributed by atoms with van der Waals surface area (Å²) in [6, 6.07) is 5.44. The number of hydrogen-bond donors (Lipinski definition) is 2. The number of phenols is 1. The molecular formula is C21H28BBrO3. The molecule has 0 saturated carbocycles. The van der Waals surface area contributed by atoms with E-state index in [1.807, 2.05) is 18.2 Å². The number of phenolic OH excluding ortho intramolecular Hbond substituents is 1. The Kier molecular flexibility index (Phi) is 8.20. The first kappa shape index (κ1) is 21.0. The van der Waals surface area contributed by atoms with Crippen LogP contribution in [0.1, 0.15) is 51.5 Å².